The molecule has 0 aromatic carbocycles. The van der Waals surface area contributed by atoms with Crippen LogP contribution in [0.4, 0.5) is 0 Å². The van der Waals surface area contributed by atoms with Gasteiger partial charge in [0.2, 0.25) is 0 Å². The first-order valence-electron chi connectivity index (χ1n) is 4.10. The maximum Gasteiger partial charge on any atom is 0.0940 e. The van der Waals surface area contributed by atoms with Crippen LogP contribution in [0.1, 0.15) is 24.8 Å². The highest BCUT2D eigenvalue weighted by molar-refractivity contribution is 5.27. The maximum atomic E-state index is 5.53. The van der Waals surface area contributed by atoms with Gasteiger partial charge in [-0.3, -0.25) is 0 Å². The van der Waals surface area contributed by atoms with E-state index >= 15 is 0 Å². The van der Waals surface area contributed by atoms with Crippen molar-refractivity contribution in [3.05, 3.63) is 24.2 Å². The lowest BCUT2D eigenvalue weighted by molar-refractivity contribution is 0.550. The summed E-state index contributed by atoms with van der Waals surface area (Å²) in [5, 5.41) is 0. The third-order valence-electron chi connectivity index (χ3n) is 2.61. The van der Waals surface area contributed by atoms with Crippen molar-refractivity contribution in [1.29, 1.82) is 0 Å². The zero-order valence-corrected chi connectivity index (χ0v) is 6.55. The highest BCUT2D eigenvalue weighted by atomic mass is 16.3. The summed E-state index contributed by atoms with van der Waals surface area (Å²) >= 11 is 0. The molecule has 1 heterocycles. The van der Waals surface area contributed by atoms with Gasteiger partial charge in [-0.1, -0.05) is 0 Å². The van der Waals surface area contributed by atoms with Gasteiger partial charge < -0.3 is 10.2 Å². The van der Waals surface area contributed by atoms with Gasteiger partial charge in [0, 0.05) is 0 Å². The van der Waals surface area contributed by atoms with Crippen LogP contribution >= 0.6 is 0 Å². The Morgan fingerprint density at radius 1 is 1.55 bits per heavy atom. The second kappa shape index (κ2) is 2.38. The fraction of sp³-hybridized carbons (Fsp3) is 0.556. The molecule has 0 radical (unpaired) electrons. The van der Waals surface area contributed by atoms with Crippen LogP contribution in [-0.2, 0) is 5.41 Å². The van der Waals surface area contributed by atoms with Crippen LogP contribution in [0.3, 0.4) is 0 Å². The summed E-state index contributed by atoms with van der Waals surface area (Å²) in [5.41, 5.74) is 7.27. The highest BCUT2D eigenvalue weighted by Crippen LogP contribution is 2.50. The second-order valence-electron chi connectivity index (χ2n) is 3.33. The molecule has 0 amide bonds. The van der Waals surface area contributed by atoms with Crippen molar-refractivity contribution in [2.24, 2.45) is 5.73 Å². The van der Waals surface area contributed by atoms with Gasteiger partial charge in [-0.25, -0.2) is 0 Å². The molecular formula is C9H13NO. The second-order valence-corrected chi connectivity index (χ2v) is 3.33. The third kappa shape index (κ3) is 1.07. The molecule has 2 nitrogen and oxygen atoms in total. The molecule has 1 saturated carbocycles. The SMILES string of the molecule is NCCC1(c2ccoc2)CC1. The van der Waals surface area contributed by atoms with Crippen molar-refractivity contribution in [2.75, 3.05) is 6.54 Å². The van der Waals surface area contributed by atoms with E-state index in [1.807, 2.05) is 6.26 Å². The van der Waals surface area contributed by atoms with Gasteiger partial charge in [-0.15, -0.1) is 0 Å². The lowest BCUT2D eigenvalue weighted by Crippen LogP contribution is -2.12. The molecule has 1 aromatic rings. The van der Waals surface area contributed by atoms with Crippen LogP contribution in [0, 0.1) is 0 Å². The van der Waals surface area contributed by atoms with Crippen molar-refractivity contribution < 1.29 is 4.42 Å². The van der Waals surface area contributed by atoms with Gasteiger partial charge in [0.25, 0.3) is 0 Å². The van der Waals surface area contributed by atoms with Gasteiger partial charge in [0.05, 0.1) is 12.5 Å². The van der Waals surface area contributed by atoms with Gasteiger partial charge in [0.15, 0.2) is 0 Å². The zero-order valence-electron chi connectivity index (χ0n) is 6.55. The first-order valence-corrected chi connectivity index (χ1v) is 4.10. The summed E-state index contributed by atoms with van der Waals surface area (Å²) in [6, 6.07) is 2.06. The van der Waals surface area contributed by atoms with E-state index in [1.54, 1.807) is 6.26 Å². The zero-order chi connectivity index (χ0) is 7.73. The summed E-state index contributed by atoms with van der Waals surface area (Å²) in [5.74, 6) is 0. The smallest absolute Gasteiger partial charge is 0.0940 e. The standard InChI is InChI=1S/C9H13NO/c10-5-4-9(2-3-9)8-1-6-11-7-8/h1,6-7H,2-5,10H2. The van der Waals surface area contributed by atoms with Crippen LogP contribution in [0.2, 0.25) is 0 Å². The Hall–Kier alpha value is -0.760. The first kappa shape index (κ1) is 6.92. The van der Waals surface area contributed by atoms with E-state index in [2.05, 4.69) is 6.07 Å². The molecule has 0 aliphatic heterocycles. The molecule has 11 heavy (non-hydrogen) atoms. The number of nitrogens with two attached hydrogens (primary N) is 1. The summed E-state index contributed by atoms with van der Waals surface area (Å²) in [4.78, 5) is 0. The van der Waals surface area contributed by atoms with Gasteiger partial charge in [-0.2, -0.15) is 0 Å². The molecule has 2 N–H and O–H groups in total. The molecule has 1 aliphatic rings. The lowest BCUT2D eigenvalue weighted by Gasteiger charge is -2.09. The highest BCUT2D eigenvalue weighted by Gasteiger charge is 2.43. The minimum atomic E-state index is 0.405. The normalized spacial score (nSPS) is 20.1. The predicted octanol–water partition coefficient (Wildman–Crippen LogP) is 1.66. The first-order chi connectivity index (χ1) is 5.37. The van der Waals surface area contributed by atoms with Gasteiger partial charge in [-0.05, 0) is 42.9 Å². The fourth-order valence-corrected chi connectivity index (χ4v) is 1.68. The molecule has 60 valence electrons. The Morgan fingerprint density at radius 3 is 2.82 bits per heavy atom. The average molecular weight is 151 g/mol. The number of rotatable bonds is 3. The Morgan fingerprint density at radius 2 is 2.36 bits per heavy atom. The van der Waals surface area contributed by atoms with Crippen LogP contribution in [0.25, 0.3) is 0 Å². The fourth-order valence-electron chi connectivity index (χ4n) is 1.68. The molecule has 0 unspecified atom stereocenters. The van der Waals surface area contributed by atoms with Crippen molar-refractivity contribution in [2.45, 2.75) is 24.7 Å². The molecule has 0 saturated heterocycles. The van der Waals surface area contributed by atoms with Crippen molar-refractivity contribution >= 4 is 0 Å². The maximum absolute atomic E-state index is 5.53. The Bertz CT molecular complexity index is 224. The van der Waals surface area contributed by atoms with E-state index < -0.39 is 0 Å². The molecule has 0 bridgehead atoms. The van der Waals surface area contributed by atoms with Crippen LogP contribution in [-0.4, -0.2) is 6.54 Å². The Kier molecular flexibility index (Phi) is 1.50. The molecule has 1 aromatic heterocycles. The van der Waals surface area contributed by atoms with Crippen LogP contribution in [0.5, 0.6) is 0 Å². The van der Waals surface area contributed by atoms with E-state index in [0.717, 1.165) is 13.0 Å². The molecule has 1 fully saturated rings. The predicted molar refractivity (Wildman–Crippen MR) is 43.3 cm³/mol. The minimum Gasteiger partial charge on any atom is -0.472 e. The number of furan rings is 1. The lowest BCUT2D eigenvalue weighted by atomic mass is 9.95. The van der Waals surface area contributed by atoms with Gasteiger partial charge >= 0.3 is 0 Å². The molecule has 0 spiro atoms. The Labute approximate surface area is 66.4 Å². The molecule has 2 heteroatoms. The number of hydrogen-bond acceptors (Lipinski definition) is 2. The molecule has 2 rings (SSSR count). The third-order valence-corrected chi connectivity index (χ3v) is 2.61. The van der Waals surface area contributed by atoms with E-state index in [4.69, 9.17) is 10.2 Å². The van der Waals surface area contributed by atoms with E-state index in [-0.39, 0.29) is 0 Å². The molecule has 1 aliphatic carbocycles. The van der Waals surface area contributed by atoms with Gasteiger partial charge in [0.1, 0.15) is 0 Å². The number of hydrogen-bond donors (Lipinski definition) is 1. The molecular weight excluding hydrogens is 138 g/mol. The van der Waals surface area contributed by atoms with E-state index in [1.165, 1.54) is 18.4 Å². The summed E-state index contributed by atoms with van der Waals surface area (Å²) in [7, 11) is 0. The van der Waals surface area contributed by atoms with Crippen LogP contribution in [0.15, 0.2) is 23.0 Å². The van der Waals surface area contributed by atoms with E-state index in [0.29, 0.717) is 5.41 Å². The summed E-state index contributed by atoms with van der Waals surface area (Å²) in [6.07, 6.45) is 7.26. The van der Waals surface area contributed by atoms with E-state index in [9.17, 15) is 0 Å². The summed E-state index contributed by atoms with van der Waals surface area (Å²) in [6.45, 7) is 0.783. The minimum absolute atomic E-state index is 0.405. The largest absolute Gasteiger partial charge is 0.472 e. The quantitative estimate of drug-likeness (QED) is 0.713. The monoisotopic (exact) mass is 151 g/mol. The van der Waals surface area contributed by atoms with Crippen LogP contribution < -0.4 is 5.73 Å². The van der Waals surface area contributed by atoms with Crippen molar-refractivity contribution in [1.82, 2.24) is 0 Å². The topological polar surface area (TPSA) is 39.2 Å². The average Bonchev–Trinajstić information content (AvgIpc) is 2.63. The Balaban J connectivity index is 2.15. The summed E-state index contributed by atoms with van der Waals surface area (Å²) < 4.78 is 5.05. The van der Waals surface area contributed by atoms with Crippen molar-refractivity contribution in [3.63, 3.8) is 0 Å². The molecule has 0 atom stereocenters. The van der Waals surface area contributed by atoms with Crippen molar-refractivity contribution in [3.8, 4) is 0 Å².